The fourth-order valence-electron chi connectivity index (χ4n) is 3.13. The first-order valence-corrected chi connectivity index (χ1v) is 6.44. The number of alkyl halides is 1. The molecule has 2 fully saturated rings. The molecule has 0 N–H and O–H groups in total. The Bertz CT molecular complexity index is 251. The molecule has 2 saturated heterocycles. The molecule has 94 valence electrons. The molecule has 0 aromatic rings. The van der Waals surface area contributed by atoms with E-state index in [1.54, 1.807) is 0 Å². The minimum absolute atomic E-state index is 0.0865. The lowest BCUT2D eigenvalue weighted by atomic mass is 9.95. The standard InChI is InChI=1S/C13H24FNO/c1-12(2,3)16-10-13-6-4-8-15(13)11(9-14)5-7-13/h11H,4-10H2,1-3H3. The van der Waals surface area contributed by atoms with E-state index >= 15 is 0 Å². The van der Waals surface area contributed by atoms with Gasteiger partial charge < -0.3 is 4.74 Å². The van der Waals surface area contributed by atoms with Gasteiger partial charge in [-0.3, -0.25) is 4.90 Å². The van der Waals surface area contributed by atoms with E-state index < -0.39 is 0 Å². The number of nitrogens with zero attached hydrogens (tertiary/aromatic N) is 1. The summed E-state index contributed by atoms with van der Waals surface area (Å²) in [4.78, 5) is 2.37. The van der Waals surface area contributed by atoms with Gasteiger partial charge in [-0.25, -0.2) is 4.39 Å². The van der Waals surface area contributed by atoms with Crippen molar-refractivity contribution in [2.24, 2.45) is 0 Å². The highest BCUT2D eigenvalue weighted by Gasteiger charge is 2.49. The van der Waals surface area contributed by atoms with Gasteiger partial charge in [0.2, 0.25) is 0 Å². The van der Waals surface area contributed by atoms with E-state index in [-0.39, 0.29) is 23.9 Å². The molecule has 2 rings (SSSR count). The zero-order valence-corrected chi connectivity index (χ0v) is 10.8. The zero-order valence-electron chi connectivity index (χ0n) is 10.8. The monoisotopic (exact) mass is 229 g/mol. The summed E-state index contributed by atoms with van der Waals surface area (Å²) in [5.74, 6) is 0. The Morgan fingerprint density at radius 2 is 2.12 bits per heavy atom. The van der Waals surface area contributed by atoms with Crippen molar-refractivity contribution in [1.29, 1.82) is 0 Å². The molecular weight excluding hydrogens is 205 g/mol. The molecule has 0 radical (unpaired) electrons. The van der Waals surface area contributed by atoms with Crippen molar-refractivity contribution in [2.45, 2.75) is 63.6 Å². The number of hydrogen-bond donors (Lipinski definition) is 0. The maximum atomic E-state index is 12.9. The first kappa shape index (κ1) is 12.3. The van der Waals surface area contributed by atoms with Crippen LogP contribution in [0.2, 0.25) is 0 Å². The second-order valence-electron chi connectivity index (χ2n) is 6.27. The second kappa shape index (κ2) is 4.26. The second-order valence-corrected chi connectivity index (χ2v) is 6.27. The fraction of sp³-hybridized carbons (Fsp3) is 1.00. The summed E-state index contributed by atoms with van der Waals surface area (Å²) in [5.41, 5.74) is 0.0703. The Hall–Kier alpha value is -0.150. The maximum Gasteiger partial charge on any atom is 0.105 e. The van der Waals surface area contributed by atoms with Crippen LogP contribution in [0.3, 0.4) is 0 Å². The van der Waals surface area contributed by atoms with Gasteiger partial charge in [-0.1, -0.05) is 0 Å². The van der Waals surface area contributed by atoms with Crippen LogP contribution in [-0.2, 0) is 4.74 Å². The molecule has 0 saturated carbocycles. The molecule has 0 spiro atoms. The van der Waals surface area contributed by atoms with Crippen LogP contribution in [0.5, 0.6) is 0 Å². The first-order chi connectivity index (χ1) is 7.47. The first-order valence-electron chi connectivity index (χ1n) is 6.44. The van der Waals surface area contributed by atoms with Crippen molar-refractivity contribution in [1.82, 2.24) is 4.90 Å². The summed E-state index contributed by atoms with van der Waals surface area (Å²) in [6.45, 7) is 7.89. The Morgan fingerprint density at radius 1 is 1.38 bits per heavy atom. The Balaban J connectivity index is 2.01. The molecule has 2 heterocycles. The summed E-state index contributed by atoms with van der Waals surface area (Å²) in [6.07, 6.45) is 4.49. The van der Waals surface area contributed by atoms with Gasteiger partial charge in [0.25, 0.3) is 0 Å². The van der Waals surface area contributed by atoms with E-state index in [2.05, 4.69) is 25.7 Å². The summed E-state index contributed by atoms with van der Waals surface area (Å²) in [7, 11) is 0. The molecule has 2 unspecified atom stereocenters. The molecule has 16 heavy (non-hydrogen) atoms. The van der Waals surface area contributed by atoms with Gasteiger partial charge in [-0.15, -0.1) is 0 Å². The van der Waals surface area contributed by atoms with Gasteiger partial charge in [0.05, 0.1) is 12.2 Å². The van der Waals surface area contributed by atoms with Crippen molar-refractivity contribution in [3.8, 4) is 0 Å². The quantitative estimate of drug-likeness (QED) is 0.738. The van der Waals surface area contributed by atoms with Gasteiger partial charge in [0.1, 0.15) is 6.67 Å². The Morgan fingerprint density at radius 3 is 2.75 bits per heavy atom. The van der Waals surface area contributed by atoms with Crippen molar-refractivity contribution in [3.05, 3.63) is 0 Å². The molecule has 0 aromatic heterocycles. The lowest BCUT2D eigenvalue weighted by Gasteiger charge is -2.36. The summed E-state index contributed by atoms with van der Waals surface area (Å²) in [5, 5.41) is 0. The summed E-state index contributed by atoms with van der Waals surface area (Å²) >= 11 is 0. The lowest BCUT2D eigenvalue weighted by molar-refractivity contribution is -0.0575. The molecule has 0 bridgehead atoms. The minimum atomic E-state index is -0.197. The fourth-order valence-corrected chi connectivity index (χ4v) is 3.13. The predicted molar refractivity (Wildman–Crippen MR) is 63.4 cm³/mol. The van der Waals surface area contributed by atoms with Crippen LogP contribution in [0.25, 0.3) is 0 Å². The third kappa shape index (κ3) is 2.25. The molecule has 0 amide bonds. The summed E-state index contributed by atoms with van der Waals surface area (Å²) < 4.78 is 18.8. The summed E-state index contributed by atoms with van der Waals surface area (Å²) in [6, 6.07) is 0.158. The van der Waals surface area contributed by atoms with Crippen LogP contribution in [-0.4, -0.2) is 41.9 Å². The molecule has 2 nitrogen and oxygen atoms in total. The van der Waals surface area contributed by atoms with Gasteiger partial charge >= 0.3 is 0 Å². The van der Waals surface area contributed by atoms with E-state index in [9.17, 15) is 4.39 Å². The third-order valence-electron chi connectivity index (χ3n) is 3.99. The van der Waals surface area contributed by atoms with E-state index in [0.717, 1.165) is 26.0 Å². The van der Waals surface area contributed by atoms with Gasteiger partial charge in [0.15, 0.2) is 0 Å². The highest BCUT2D eigenvalue weighted by Crippen LogP contribution is 2.43. The van der Waals surface area contributed by atoms with Gasteiger partial charge in [-0.2, -0.15) is 0 Å². The van der Waals surface area contributed by atoms with E-state index in [0.29, 0.717) is 0 Å². The normalized spacial score (nSPS) is 35.6. The molecule has 2 atom stereocenters. The predicted octanol–water partition coefficient (Wildman–Crippen LogP) is 2.77. The number of rotatable bonds is 3. The molecule has 0 aliphatic carbocycles. The zero-order chi connectivity index (χ0) is 11.8. The van der Waals surface area contributed by atoms with Gasteiger partial charge in [0, 0.05) is 11.6 Å². The van der Waals surface area contributed by atoms with E-state index in [1.165, 1.54) is 12.8 Å². The van der Waals surface area contributed by atoms with Crippen LogP contribution < -0.4 is 0 Å². The maximum absolute atomic E-state index is 12.9. The molecule has 2 aliphatic heterocycles. The molecule has 0 aromatic carbocycles. The SMILES string of the molecule is CC(C)(C)OCC12CCCN1C(CF)CC2. The van der Waals surface area contributed by atoms with Gasteiger partial charge in [-0.05, 0) is 53.0 Å². The smallest absolute Gasteiger partial charge is 0.105 e. The highest BCUT2D eigenvalue weighted by molar-refractivity contribution is 5.04. The van der Waals surface area contributed by atoms with Crippen molar-refractivity contribution >= 4 is 0 Å². The number of fused-ring (bicyclic) bond motifs is 1. The van der Waals surface area contributed by atoms with E-state index in [1.807, 2.05) is 0 Å². The van der Waals surface area contributed by atoms with Crippen LogP contribution in [0.4, 0.5) is 4.39 Å². The topological polar surface area (TPSA) is 12.5 Å². The van der Waals surface area contributed by atoms with Crippen LogP contribution in [0, 0.1) is 0 Å². The Kier molecular flexibility index (Phi) is 3.28. The lowest BCUT2D eigenvalue weighted by Crippen LogP contribution is -2.47. The largest absolute Gasteiger partial charge is 0.374 e. The third-order valence-corrected chi connectivity index (χ3v) is 3.99. The average molecular weight is 229 g/mol. The highest BCUT2D eigenvalue weighted by atomic mass is 19.1. The number of hydrogen-bond acceptors (Lipinski definition) is 2. The van der Waals surface area contributed by atoms with Crippen LogP contribution >= 0.6 is 0 Å². The Labute approximate surface area is 98.1 Å². The number of ether oxygens (including phenoxy) is 1. The van der Waals surface area contributed by atoms with Crippen molar-refractivity contribution in [3.63, 3.8) is 0 Å². The van der Waals surface area contributed by atoms with Crippen molar-refractivity contribution < 1.29 is 9.13 Å². The van der Waals surface area contributed by atoms with Crippen LogP contribution in [0.15, 0.2) is 0 Å². The van der Waals surface area contributed by atoms with E-state index in [4.69, 9.17) is 4.74 Å². The average Bonchev–Trinajstić information content (AvgIpc) is 2.71. The van der Waals surface area contributed by atoms with Crippen molar-refractivity contribution in [2.75, 3.05) is 19.8 Å². The minimum Gasteiger partial charge on any atom is -0.374 e. The number of halogens is 1. The molecular formula is C13H24FNO. The molecule has 3 heteroatoms. The molecule has 2 aliphatic rings. The van der Waals surface area contributed by atoms with Crippen LogP contribution in [0.1, 0.15) is 46.5 Å².